The first kappa shape index (κ1) is 17.2. The molecule has 0 unspecified atom stereocenters. The molecule has 2 rings (SSSR count). The summed E-state index contributed by atoms with van der Waals surface area (Å²) < 4.78 is 5.05. The fourth-order valence-electron chi connectivity index (χ4n) is 1.98. The van der Waals surface area contributed by atoms with E-state index in [1.54, 1.807) is 30.3 Å². The summed E-state index contributed by atoms with van der Waals surface area (Å²) >= 11 is 0. The van der Waals surface area contributed by atoms with E-state index in [2.05, 4.69) is 5.32 Å². The molecule has 0 saturated heterocycles. The minimum Gasteiger partial charge on any atom is -0.507 e. The van der Waals surface area contributed by atoms with Crippen molar-refractivity contribution in [2.24, 2.45) is 0 Å². The molecule has 0 saturated carbocycles. The van der Waals surface area contributed by atoms with Crippen molar-refractivity contribution in [3.8, 4) is 5.75 Å². The highest BCUT2D eigenvalue weighted by atomic mass is 16.5. The van der Waals surface area contributed by atoms with Gasteiger partial charge in [-0.3, -0.25) is 9.59 Å². The number of phenols is 1. The molecule has 0 aromatic heterocycles. The van der Waals surface area contributed by atoms with Gasteiger partial charge in [0.1, 0.15) is 11.3 Å². The van der Waals surface area contributed by atoms with E-state index in [1.807, 2.05) is 0 Å². The zero-order valence-corrected chi connectivity index (χ0v) is 13.3. The lowest BCUT2D eigenvalue weighted by atomic mass is 10.1. The summed E-state index contributed by atoms with van der Waals surface area (Å²) in [6.45, 7) is 2.85. The minimum atomic E-state index is -1.07. The van der Waals surface area contributed by atoms with E-state index in [9.17, 15) is 19.5 Å². The Hall–Kier alpha value is -3.15. The number of hydrogen-bond donors (Lipinski definition) is 2. The van der Waals surface area contributed by atoms with Gasteiger partial charge in [0.15, 0.2) is 11.9 Å². The number of aromatic hydroxyl groups is 1. The monoisotopic (exact) mass is 327 g/mol. The lowest BCUT2D eigenvalue weighted by molar-refractivity contribution is -0.123. The third-order valence-corrected chi connectivity index (χ3v) is 3.31. The molecule has 0 radical (unpaired) electrons. The average Bonchev–Trinajstić information content (AvgIpc) is 2.55. The summed E-state index contributed by atoms with van der Waals surface area (Å²) in [5.41, 5.74) is 0.876. The number of ketones is 1. The number of anilines is 1. The first-order valence-corrected chi connectivity index (χ1v) is 7.29. The van der Waals surface area contributed by atoms with Crippen LogP contribution in [0.25, 0.3) is 0 Å². The summed E-state index contributed by atoms with van der Waals surface area (Å²) in [5.74, 6) is -1.68. The van der Waals surface area contributed by atoms with E-state index >= 15 is 0 Å². The number of esters is 1. The van der Waals surface area contributed by atoms with E-state index in [0.29, 0.717) is 11.3 Å². The first-order chi connectivity index (χ1) is 11.4. The van der Waals surface area contributed by atoms with Gasteiger partial charge in [-0.15, -0.1) is 0 Å². The number of carbonyl (C=O) groups excluding carboxylic acids is 3. The fourth-order valence-corrected chi connectivity index (χ4v) is 1.98. The van der Waals surface area contributed by atoms with Crippen molar-refractivity contribution in [1.82, 2.24) is 0 Å². The fraction of sp³-hybridized carbons (Fsp3) is 0.167. The summed E-state index contributed by atoms with van der Waals surface area (Å²) in [4.78, 5) is 35.4. The number of ether oxygens (including phenoxy) is 1. The van der Waals surface area contributed by atoms with Crippen LogP contribution in [0.2, 0.25) is 0 Å². The molecule has 0 bridgehead atoms. The van der Waals surface area contributed by atoms with Gasteiger partial charge >= 0.3 is 5.97 Å². The molecule has 124 valence electrons. The largest absolute Gasteiger partial charge is 0.507 e. The van der Waals surface area contributed by atoms with Crippen molar-refractivity contribution in [3.05, 3.63) is 59.7 Å². The highest BCUT2D eigenvalue weighted by molar-refractivity contribution is 6.00. The Morgan fingerprint density at radius 1 is 1.08 bits per heavy atom. The number of phenolic OH excluding ortho intramolecular Hbond substituents is 1. The second kappa shape index (κ2) is 7.41. The Morgan fingerprint density at radius 3 is 2.46 bits per heavy atom. The van der Waals surface area contributed by atoms with Crippen LogP contribution in [0.5, 0.6) is 5.75 Å². The molecule has 0 aliphatic rings. The van der Waals surface area contributed by atoms with Gasteiger partial charge in [-0.25, -0.2) is 4.79 Å². The quantitative estimate of drug-likeness (QED) is 0.651. The Kier molecular flexibility index (Phi) is 5.31. The van der Waals surface area contributed by atoms with Crippen molar-refractivity contribution < 1.29 is 24.2 Å². The van der Waals surface area contributed by atoms with Gasteiger partial charge in [-0.2, -0.15) is 0 Å². The second-order valence-electron chi connectivity index (χ2n) is 5.19. The number of hydrogen-bond acceptors (Lipinski definition) is 5. The Bertz CT molecular complexity index is 784. The van der Waals surface area contributed by atoms with Gasteiger partial charge in [0, 0.05) is 11.3 Å². The zero-order chi connectivity index (χ0) is 17.7. The summed E-state index contributed by atoms with van der Waals surface area (Å²) in [6.07, 6.45) is -1.07. The van der Waals surface area contributed by atoms with Gasteiger partial charge in [-0.1, -0.05) is 24.3 Å². The molecule has 0 aliphatic carbocycles. The highest BCUT2D eigenvalue weighted by Crippen LogP contribution is 2.18. The van der Waals surface area contributed by atoms with Gasteiger partial charge in [0.2, 0.25) is 0 Å². The van der Waals surface area contributed by atoms with Gasteiger partial charge < -0.3 is 15.2 Å². The number of Topliss-reactive ketones (excluding diaryl/α,β-unsaturated/α-hetero) is 1. The number of benzene rings is 2. The van der Waals surface area contributed by atoms with Crippen LogP contribution >= 0.6 is 0 Å². The maximum Gasteiger partial charge on any atom is 0.342 e. The molecule has 24 heavy (non-hydrogen) atoms. The Morgan fingerprint density at radius 2 is 1.79 bits per heavy atom. The van der Waals surface area contributed by atoms with Crippen molar-refractivity contribution >= 4 is 23.3 Å². The van der Waals surface area contributed by atoms with Crippen LogP contribution in [0, 0.1) is 0 Å². The van der Waals surface area contributed by atoms with Crippen LogP contribution in [-0.4, -0.2) is 28.9 Å². The van der Waals surface area contributed by atoms with Crippen LogP contribution in [0.4, 0.5) is 5.69 Å². The second-order valence-corrected chi connectivity index (χ2v) is 5.19. The van der Waals surface area contributed by atoms with E-state index in [0.717, 1.165) is 0 Å². The molecule has 6 heteroatoms. The number of nitrogens with one attached hydrogen (secondary N) is 1. The lowest BCUT2D eigenvalue weighted by Crippen LogP contribution is -2.30. The summed E-state index contributed by atoms with van der Waals surface area (Å²) in [6, 6.07) is 12.4. The van der Waals surface area contributed by atoms with Crippen LogP contribution in [0.3, 0.4) is 0 Å². The number of para-hydroxylation sites is 1. The first-order valence-electron chi connectivity index (χ1n) is 7.29. The van der Waals surface area contributed by atoms with Gasteiger partial charge in [-0.05, 0) is 38.1 Å². The molecule has 1 amide bonds. The molecule has 1 atom stereocenters. The summed E-state index contributed by atoms with van der Waals surface area (Å²) in [7, 11) is 0. The van der Waals surface area contributed by atoms with Crippen molar-refractivity contribution in [2.75, 3.05) is 5.32 Å². The van der Waals surface area contributed by atoms with Crippen LogP contribution in [0.15, 0.2) is 48.5 Å². The standard InChI is InChI=1S/C18H17NO5/c1-11(20)13-6-5-7-14(10-13)19-17(22)12(2)24-18(23)15-8-3-4-9-16(15)21/h3-10,12,21H,1-2H3,(H,19,22)/t12-/m1/s1. The molecule has 0 aliphatic heterocycles. The zero-order valence-electron chi connectivity index (χ0n) is 13.3. The molecule has 0 heterocycles. The molecule has 6 nitrogen and oxygen atoms in total. The predicted molar refractivity (Wildman–Crippen MR) is 88.1 cm³/mol. The van der Waals surface area contributed by atoms with E-state index in [4.69, 9.17) is 4.74 Å². The SMILES string of the molecule is CC(=O)c1cccc(NC(=O)[C@@H](C)OC(=O)c2ccccc2O)c1. The predicted octanol–water partition coefficient (Wildman–Crippen LogP) is 2.78. The van der Waals surface area contributed by atoms with E-state index in [-0.39, 0.29) is 17.1 Å². The molecule has 0 fully saturated rings. The molecule has 0 spiro atoms. The van der Waals surface area contributed by atoms with Crippen LogP contribution in [-0.2, 0) is 9.53 Å². The van der Waals surface area contributed by atoms with E-state index < -0.39 is 18.0 Å². The van der Waals surface area contributed by atoms with Gasteiger partial charge in [0.05, 0.1) is 0 Å². The highest BCUT2D eigenvalue weighted by Gasteiger charge is 2.21. The maximum absolute atomic E-state index is 12.1. The van der Waals surface area contributed by atoms with Crippen molar-refractivity contribution in [1.29, 1.82) is 0 Å². The molecular weight excluding hydrogens is 310 g/mol. The normalized spacial score (nSPS) is 11.4. The summed E-state index contributed by atoms with van der Waals surface area (Å²) in [5, 5.41) is 12.2. The molecule has 2 aromatic rings. The van der Waals surface area contributed by atoms with Crippen LogP contribution in [0.1, 0.15) is 34.6 Å². The maximum atomic E-state index is 12.1. The van der Waals surface area contributed by atoms with Crippen LogP contribution < -0.4 is 5.32 Å². The van der Waals surface area contributed by atoms with Gasteiger partial charge in [0.25, 0.3) is 5.91 Å². The number of rotatable bonds is 5. The topological polar surface area (TPSA) is 92.7 Å². The number of amides is 1. The van der Waals surface area contributed by atoms with Crippen molar-refractivity contribution in [3.63, 3.8) is 0 Å². The van der Waals surface area contributed by atoms with E-state index in [1.165, 1.54) is 32.0 Å². The Labute approximate surface area is 139 Å². The van der Waals surface area contributed by atoms with Crippen molar-refractivity contribution in [2.45, 2.75) is 20.0 Å². The molecular formula is C18H17NO5. The molecule has 2 aromatic carbocycles. The Balaban J connectivity index is 2.02. The average molecular weight is 327 g/mol. The smallest absolute Gasteiger partial charge is 0.342 e. The lowest BCUT2D eigenvalue weighted by Gasteiger charge is -2.14. The minimum absolute atomic E-state index is 0.0178. The third kappa shape index (κ3) is 4.19. The third-order valence-electron chi connectivity index (χ3n) is 3.31. The molecule has 2 N–H and O–H groups in total. The number of carbonyl (C=O) groups is 3.